The summed E-state index contributed by atoms with van der Waals surface area (Å²) in [4.78, 5) is 0. The van der Waals surface area contributed by atoms with E-state index in [1.54, 1.807) is 0 Å². The molecule has 0 aliphatic heterocycles. The molecule has 0 unspecified atom stereocenters. The number of hydrogen-bond acceptors (Lipinski definition) is 2. The Morgan fingerprint density at radius 1 is 1.14 bits per heavy atom. The Kier molecular flexibility index (Phi) is 4.62. The molecule has 0 N–H and O–H groups in total. The molecule has 0 aromatic heterocycles. The predicted molar refractivity (Wildman–Crippen MR) is 56.3 cm³/mol. The van der Waals surface area contributed by atoms with Crippen LogP contribution in [0.15, 0.2) is 30.3 Å². The minimum Gasteiger partial charge on any atom is -0.489 e. The van der Waals surface area contributed by atoms with Crippen molar-refractivity contribution in [2.24, 2.45) is 0 Å². The van der Waals surface area contributed by atoms with Crippen LogP contribution >= 0.6 is 0 Å². The maximum atomic E-state index is 5.41. The lowest BCUT2D eigenvalue weighted by molar-refractivity contribution is 0.221. The van der Waals surface area contributed by atoms with E-state index in [9.17, 15) is 0 Å². The van der Waals surface area contributed by atoms with E-state index in [-0.39, 0.29) is 0 Å². The number of ether oxygens (including phenoxy) is 2. The van der Waals surface area contributed by atoms with Crippen LogP contribution in [-0.2, 0) is 9.47 Å². The van der Waals surface area contributed by atoms with Crippen LogP contribution in [0, 0.1) is 6.26 Å². The van der Waals surface area contributed by atoms with Gasteiger partial charge in [0.2, 0.25) is 6.26 Å². The average molecular weight is 191 g/mol. The Balaban J connectivity index is 2.77. The first-order valence-electron chi connectivity index (χ1n) is 4.81. The van der Waals surface area contributed by atoms with Gasteiger partial charge < -0.3 is 9.47 Å². The Labute approximate surface area is 85.2 Å². The molecule has 0 saturated heterocycles. The van der Waals surface area contributed by atoms with Crippen molar-refractivity contribution >= 4 is 5.76 Å². The second kappa shape index (κ2) is 6.08. The molecule has 1 radical (unpaired) electrons. The van der Waals surface area contributed by atoms with E-state index in [2.05, 4.69) is 6.26 Å². The third-order valence-corrected chi connectivity index (χ3v) is 1.63. The van der Waals surface area contributed by atoms with Crippen molar-refractivity contribution in [3.8, 4) is 0 Å². The molecule has 1 rings (SSSR count). The first-order valence-corrected chi connectivity index (χ1v) is 4.81. The lowest BCUT2D eigenvalue weighted by Gasteiger charge is -2.07. The minimum atomic E-state index is 0.601. The van der Waals surface area contributed by atoms with Gasteiger partial charge in [0.1, 0.15) is 0 Å². The van der Waals surface area contributed by atoms with E-state index in [0.717, 1.165) is 5.56 Å². The number of benzene rings is 1. The smallest absolute Gasteiger partial charge is 0.208 e. The summed E-state index contributed by atoms with van der Waals surface area (Å²) >= 11 is 0. The number of hydrogen-bond donors (Lipinski definition) is 0. The molecule has 2 heteroatoms. The fraction of sp³-hybridized carbons (Fsp3) is 0.333. The van der Waals surface area contributed by atoms with Gasteiger partial charge in [-0.25, -0.2) is 0 Å². The summed E-state index contributed by atoms with van der Waals surface area (Å²) in [6, 6.07) is 9.83. The van der Waals surface area contributed by atoms with E-state index >= 15 is 0 Å². The first kappa shape index (κ1) is 10.6. The molecule has 75 valence electrons. The third-order valence-electron chi connectivity index (χ3n) is 1.63. The molecule has 0 aliphatic carbocycles. The summed E-state index contributed by atoms with van der Waals surface area (Å²) in [5, 5.41) is 0. The second-order valence-electron chi connectivity index (χ2n) is 2.66. The normalized spacial score (nSPS) is 11.1. The van der Waals surface area contributed by atoms with Crippen LogP contribution in [0.25, 0.3) is 5.76 Å². The zero-order valence-electron chi connectivity index (χ0n) is 8.62. The van der Waals surface area contributed by atoms with Gasteiger partial charge in [-0.3, -0.25) is 0 Å². The molecule has 0 heterocycles. The molecule has 0 spiro atoms. The first-order chi connectivity index (χ1) is 6.88. The fourth-order valence-corrected chi connectivity index (χ4v) is 1.04. The summed E-state index contributed by atoms with van der Waals surface area (Å²) < 4.78 is 10.5. The summed E-state index contributed by atoms with van der Waals surface area (Å²) in [7, 11) is 0. The van der Waals surface area contributed by atoms with Crippen LogP contribution in [0.1, 0.15) is 19.4 Å². The molecule has 0 atom stereocenters. The minimum absolute atomic E-state index is 0.601. The van der Waals surface area contributed by atoms with Gasteiger partial charge in [0, 0.05) is 5.56 Å². The van der Waals surface area contributed by atoms with Gasteiger partial charge in [0.05, 0.1) is 13.2 Å². The Morgan fingerprint density at radius 3 is 2.43 bits per heavy atom. The van der Waals surface area contributed by atoms with Gasteiger partial charge in [0.15, 0.2) is 5.76 Å². The SMILES string of the molecule is CCO[C]=C(OCC)c1ccccc1. The predicted octanol–water partition coefficient (Wildman–Crippen LogP) is 2.86. The highest BCUT2D eigenvalue weighted by atomic mass is 16.5. The van der Waals surface area contributed by atoms with Gasteiger partial charge in [-0.05, 0) is 13.8 Å². The number of rotatable bonds is 5. The van der Waals surface area contributed by atoms with Crippen molar-refractivity contribution < 1.29 is 9.47 Å². The highest BCUT2D eigenvalue weighted by Gasteiger charge is 2.01. The molecule has 1 aromatic carbocycles. The van der Waals surface area contributed by atoms with Crippen molar-refractivity contribution in [2.75, 3.05) is 13.2 Å². The van der Waals surface area contributed by atoms with Crippen LogP contribution in [0.3, 0.4) is 0 Å². The van der Waals surface area contributed by atoms with Crippen LogP contribution in [-0.4, -0.2) is 13.2 Å². The molecule has 0 saturated carbocycles. The van der Waals surface area contributed by atoms with Crippen LogP contribution in [0.2, 0.25) is 0 Å². The molecule has 0 bridgehead atoms. The van der Waals surface area contributed by atoms with Crippen molar-refractivity contribution in [3.63, 3.8) is 0 Å². The van der Waals surface area contributed by atoms with Gasteiger partial charge >= 0.3 is 0 Å². The highest BCUT2D eigenvalue weighted by molar-refractivity contribution is 5.56. The monoisotopic (exact) mass is 191 g/mol. The topological polar surface area (TPSA) is 18.5 Å². The summed E-state index contributed by atoms with van der Waals surface area (Å²) in [6.45, 7) is 5.08. The van der Waals surface area contributed by atoms with E-state index in [0.29, 0.717) is 19.0 Å². The Bertz CT molecular complexity index is 278. The lowest BCUT2D eigenvalue weighted by Crippen LogP contribution is -1.93. The lowest BCUT2D eigenvalue weighted by atomic mass is 10.2. The van der Waals surface area contributed by atoms with Crippen LogP contribution in [0.4, 0.5) is 0 Å². The highest BCUT2D eigenvalue weighted by Crippen LogP contribution is 2.14. The third kappa shape index (κ3) is 3.13. The maximum Gasteiger partial charge on any atom is 0.208 e. The summed E-state index contributed by atoms with van der Waals surface area (Å²) in [5.41, 5.74) is 0.989. The molecule has 0 fully saturated rings. The Hall–Kier alpha value is -1.44. The largest absolute Gasteiger partial charge is 0.489 e. The quantitative estimate of drug-likeness (QED) is 0.666. The van der Waals surface area contributed by atoms with Gasteiger partial charge in [-0.15, -0.1) is 0 Å². The zero-order chi connectivity index (χ0) is 10.2. The molecular formula is C12H15O2. The van der Waals surface area contributed by atoms with Crippen molar-refractivity contribution in [2.45, 2.75) is 13.8 Å². The van der Waals surface area contributed by atoms with E-state index < -0.39 is 0 Å². The maximum absolute atomic E-state index is 5.41. The van der Waals surface area contributed by atoms with Crippen LogP contribution in [0.5, 0.6) is 0 Å². The average Bonchev–Trinajstić information content (AvgIpc) is 2.25. The molecule has 1 aromatic rings. The van der Waals surface area contributed by atoms with E-state index in [1.165, 1.54) is 0 Å². The van der Waals surface area contributed by atoms with Gasteiger partial charge in [-0.1, -0.05) is 30.3 Å². The molecule has 2 nitrogen and oxygen atoms in total. The molecule has 0 amide bonds. The summed E-state index contributed by atoms with van der Waals surface area (Å²) in [6.07, 6.45) is 2.78. The zero-order valence-corrected chi connectivity index (χ0v) is 8.62. The van der Waals surface area contributed by atoms with Crippen molar-refractivity contribution in [3.05, 3.63) is 42.2 Å². The second-order valence-corrected chi connectivity index (χ2v) is 2.66. The Morgan fingerprint density at radius 2 is 1.86 bits per heavy atom. The standard InChI is InChI=1S/C12H15O2/c1-3-13-10-12(14-4-2)11-8-6-5-7-9-11/h5-9H,3-4H2,1-2H3. The van der Waals surface area contributed by atoms with Crippen molar-refractivity contribution in [1.29, 1.82) is 0 Å². The molecular weight excluding hydrogens is 176 g/mol. The molecule has 0 aliphatic rings. The van der Waals surface area contributed by atoms with E-state index in [4.69, 9.17) is 9.47 Å². The summed E-state index contributed by atoms with van der Waals surface area (Å²) in [5.74, 6) is 0.662. The van der Waals surface area contributed by atoms with E-state index in [1.807, 2.05) is 44.2 Å². The van der Waals surface area contributed by atoms with Gasteiger partial charge in [-0.2, -0.15) is 0 Å². The van der Waals surface area contributed by atoms with Gasteiger partial charge in [0.25, 0.3) is 0 Å². The van der Waals surface area contributed by atoms with Crippen molar-refractivity contribution in [1.82, 2.24) is 0 Å². The fourth-order valence-electron chi connectivity index (χ4n) is 1.04. The van der Waals surface area contributed by atoms with Crippen LogP contribution < -0.4 is 0 Å². The molecule has 14 heavy (non-hydrogen) atoms.